The Hall–Kier alpha value is -2.20. The molecule has 0 fully saturated rings. The van der Waals surface area contributed by atoms with Crippen molar-refractivity contribution >= 4 is 0 Å². The van der Waals surface area contributed by atoms with Crippen molar-refractivity contribution in [3.63, 3.8) is 0 Å². The van der Waals surface area contributed by atoms with Crippen LogP contribution in [0.15, 0.2) is 34.8 Å². The summed E-state index contributed by atoms with van der Waals surface area (Å²) in [6.07, 6.45) is 4.79. The smallest absolute Gasteiger partial charge is 0.130 e. The summed E-state index contributed by atoms with van der Waals surface area (Å²) >= 11 is 0. The van der Waals surface area contributed by atoms with Crippen LogP contribution in [-0.4, -0.2) is 14.2 Å². The summed E-state index contributed by atoms with van der Waals surface area (Å²) in [6, 6.07) is 3.65. The van der Waals surface area contributed by atoms with Gasteiger partial charge in [0.2, 0.25) is 0 Å². The largest absolute Gasteiger partial charge is 0.501 e. The number of nitriles is 2. The molecule has 82 valence electrons. The summed E-state index contributed by atoms with van der Waals surface area (Å²) < 4.78 is 10.3. The SMILES string of the molecule is COC1=CC(OC)=C(C=C(C#N)C#N)CC1. The van der Waals surface area contributed by atoms with E-state index in [4.69, 9.17) is 20.0 Å². The summed E-state index contributed by atoms with van der Waals surface area (Å²) in [4.78, 5) is 0. The van der Waals surface area contributed by atoms with Crippen LogP contribution in [0.25, 0.3) is 0 Å². The Kier molecular flexibility index (Phi) is 4.17. The topological polar surface area (TPSA) is 66.0 Å². The van der Waals surface area contributed by atoms with Crippen LogP contribution in [0.2, 0.25) is 0 Å². The molecule has 0 spiro atoms. The number of hydrogen-bond acceptors (Lipinski definition) is 4. The first-order valence-electron chi connectivity index (χ1n) is 4.78. The second kappa shape index (κ2) is 5.63. The van der Waals surface area contributed by atoms with Crippen molar-refractivity contribution in [2.75, 3.05) is 14.2 Å². The molecule has 0 unspecified atom stereocenters. The van der Waals surface area contributed by atoms with E-state index in [0.29, 0.717) is 12.2 Å². The van der Waals surface area contributed by atoms with Crippen LogP contribution in [0.3, 0.4) is 0 Å². The van der Waals surface area contributed by atoms with E-state index in [-0.39, 0.29) is 5.57 Å². The van der Waals surface area contributed by atoms with Crippen LogP contribution in [0.4, 0.5) is 0 Å². The van der Waals surface area contributed by atoms with Gasteiger partial charge in [-0.1, -0.05) is 0 Å². The van der Waals surface area contributed by atoms with Crippen LogP contribution >= 0.6 is 0 Å². The van der Waals surface area contributed by atoms with Crippen LogP contribution < -0.4 is 0 Å². The van der Waals surface area contributed by atoms with Crippen molar-refractivity contribution in [1.29, 1.82) is 10.5 Å². The van der Waals surface area contributed by atoms with Gasteiger partial charge in [0.15, 0.2) is 0 Å². The van der Waals surface area contributed by atoms with Crippen molar-refractivity contribution in [3.05, 3.63) is 34.8 Å². The predicted molar refractivity (Wildman–Crippen MR) is 57.7 cm³/mol. The number of rotatable bonds is 3. The highest BCUT2D eigenvalue weighted by Gasteiger charge is 2.13. The summed E-state index contributed by atoms with van der Waals surface area (Å²) in [5.74, 6) is 1.48. The summed E-state index contributed by atoms with van der Waals surface area (Å²) in [7, 11) is 3.16. The molecule has 16 heavy (non-hydrogen) atoms. The lowest BCUT2D eigenvalue weighted by atomic mass is 10.00. The molecule has 0 N–H and O–H groups in total. The molecule has 0 aromatic heterocycles. The third kappa shape index (κ3) is 2.65. The number of nitrogens with zero attached hydrogens (tertiary/aromatic N) is 2. The molecule has 1 aliphatic rings. The average molecular weight is 216 g/mol. The molecular formula is C12H12N2O2. The second-order valence-corrected chi connectivity index (χ2v) is 3.19. The molecule has 0 aromatic carbocycles. The zero-order valence-electron chi connectivity index (χ0n) is 9.28. The minimum Gasteiger partial charge on any atom is -0.501 e. The van der Waals surface area contributed by atoms with Crippen molar-refractivity contribution in [3.8, 4) is 12.1 Å². The zero-order valence-corrected chi connectivity index (χ0v) is 9.28. The van der Waals surface area contributed by atoms with E-state index >= 15 is 0 Å². The van der Waals surface area contributed by atoms with Gasteiger partial charge in [-0.15, -0.1) is 0 Å². The molecule has 0 radical (unpaired) electrons. The zero-order chi connectivity index (χ0) is 12.0. The maximum atomic E-state index is 8.67. The molecule has 1 aliphatic carbocycles. The number of methoxy groups -OCH3 is 2. The molecule has 0 aromatic rings. The number of hydrogen-bond donors (Lipinski definition) is 0. The fourth-order valence-corrected chi connectivity index (χ4v) is 1.45. The number of allylic oxidation sites excluding steroid dienone is 5. The van der Waals surface area contributed by atoms with Gasteiger partial charge in [-0.2, -0.15) is 10.5 Å². The molecule has 0 saturated heterocycles. The van der Waals surface area contributed by atoms with E-state index in [1.54, 1.807) is 26.4 Å². The molecule has 0 bridgehead atoms. The van der Waals surface area contributed by atoms with Gasteiger partial charge in [-0.25, -0.2) is 0 Å². The van der Waals surface area contributed by atoms with Crippen molar-refractivity contribution in [2.24, 2.45) is 0 Å². The highest BCUT2D eigenvalue weighted by atomic mass is 16.5. The minimum absolute atomic E-state index is 0.0822. The monoisotopic (exact) mass is 216 g/mol. The lowest BCUT2D eigenvalue weighted by Gasteiger charge is -2.16. The van der Waals surface area contributed by atoms with E-state index in [0.717, 1.165) is 17.8 Å². The third-order valence-electron chi connectivity index (χ3n) is 2.29. The molecule has 0 amide bonds. The summed E-state index contributed by atoms with van der Waals surface area (Å²) in [5, 5.41) is 17.3. The molecule has 0 heterocycles. The first-order valence-corrected chi connectivity index (χ1v) is 4.78. The Bertz CT molecular complexity index is 429. The lowest BCUT2D eigenvalue weighted by Crippen LogP contribution is -2.01. The number of ether oxygens (including phenoxy) is 2. The Morgan fingerprint density at radius 3 is 2.44 bits per heavy atom. The molecule has 4 nitrogen and oxygen atoms in total. The Labute approximate surface area is 94.7 Å². The Balaban J connectivity index is 3.08. The maximum Gasteiger partial charge on any atom is 0.130 e. The third-order valence-corrected chi connectivity index (χ3v) is 2.29. The fourth-order valence-electron chi connectivity index (χ4n) is 1.45. The lowest BCUT2D eigenvalue weighted by molar-refractivity contribution is 0.255. The normalized spacial score (nSPS) is 14.4. The first kappa shape index (κ1) is 11.9. The van der Waals surface area contributed by atoms with Gasteiger partial charge in [0.25, 0.3) is 0 Å². The quantitative estimate of drug-likeness (QED) is 0.678. The second-order valence-electron chi connectivity index (χ2n) is 3.19. The van der Waals surface area contributed by atoms with E-state index in [1.165, 1.54) is 0 Å². The molecule has 0 atom stereocenters. The van der Waals surface area contributed by atoms with Gasteiger partial charge in [0.05, 0.1) is 20.0 Å². The highest BCUT2D eigenvalue weighted by molar-refractivity contribution is 5.45. The van der Waals surface area contributed by atoms with E-state index in [2.05, 4.69) is 0 Å². The van der Waals surface area contributed by atoms with Gasteiger partial charge in [-0.05, 0) is 18.1 Å². The van der Waals surface area contributed by atoms with Crippen molar-refractivity contribution in [1.82, 2.24) is 0 Å². The van der Waals surface area contributed by atoms with Crippen LogP contribution in [0.5, 0.6) is 0 Å². The molecule has 0 aliphatic heterocycles. The highest BCUT2D eigenvalue weighted by Crippen LogP contribution is 2.26. The maximum absolute atomic E-state index is 8.67. The van der Waals surface area contributed by atoms with E-state index in [9.17, 15) is 0 Å². The van der Waals surface area contributed by atoms with Gasteiger partial charge in [0.1, 0.15) is 23.5 Å². The summed E-state index contributed by atoms with van der Waals surface area (Å²) in [6.45, 7) is 0. The first-order chi connectivity index (χ1) is 7.74. The van der Waals surface area contributed by atoms with Crippen molar-refractivity contribution in [2.45, 2.75) is 12.8 Å². The van der Waals surface area contributed by atoms with Gasteiger partial charge in [-0.3, -0.25) is 0 Å². The molecule has 4 heteroatoms. The molecule has 0 saturated carbocycles. The van der Waals surface area contributed by atoms with Gasteiger partial charge in [0, 0.05) is 12.5 Å². The minimum atomic E-state index is 0.0822. The van der Waals surface area contributed by atoms with Crippen LogP contribution in [0, 0.1) is 22.7 Å². The van der Waals surface area contributed by atoms with Gasteiger partial charge < -0.3 is 9.47 Å². The van der Waals surface area contributed by atoms with Crippen LogP contribution in [0.1, 0.15) is 12.8 Å². The molecular weight excluding hydrogens is 204 g/mol. The standard InChI is InChI=1S/C12H12N2O2/c1-15-11-4-3-10(12(6-11)16-2)5-9(7-13)8-14/h5-6H,3-4H2,1-2H3. The van der Waals surface area contributed by atoms with Crippen LogP contribution in [-0.2, 0) is 9.47 Å². The summed E-state index contributed by atoms with van der Waals surface area (Å²) in [5.41, 5.74) is 0.931. The average Bonchev–Trinajstić information content (AvgIpc) is 2.35. The molecule has 1 rings (SSSR count). The van der Waals surface area contributed by atoms with Gasteiger partial charge >= 0.3 is 0 Å². The van der Waals surface area contributed by atoms with Crippen molar-refractivity contribution < 1.29 is 9.47 Å². The van der Waals surface area contributed by atoms with E-state index < -0.39 is 0 Å². The fraction of sp³-hybridized carbons (Fsp3) is 0.333. The van der Waals surface area contributed by atoms with E-state index in [1.807, 2.05) is 12.1 Å². The Morgan fingerprint density at radius 2 is 1.94 bits per heavy atom. The predicted octanol–water partition coefficient (Wildman–Crippen LogP) is 2.18. The Morgan fingerprint density at radius 1 is 1.25 bits per heavy atom.